The Balaban J connectivity index is 1.66. The number of fused-ring (bicyclic) bond motifs is 1. The van der Waals surface area contributed by atoms with Gasteiger partial charge in [0, 0.05) is 22.2 Å². The number of rotatable bonds is 8. The van der Waals surface area contributed by atoms with E-state index in [4.69, 9.17) is 16.3 Å². The molecule has 0 radical (unpaired) electrons. The second kappa shape index (κ2) is 9.04. The fourth-order valence-corrected chi connectivity index (χ4v) is 5.39. The highest BCUT2D eigenvalue weighted by Gasteiger charge is 2.21. The molecule has 0 amide bonds. The van der Waals surface area contributed by atoms with Crippen molar-refractivity contribution >= 4 is 50.6 Å². The molecule has 4 rings (SSSR count). The Bertz CT molecular complexity index is 1220. The largest absolute Gasteiger partial charge is 0.497 e. The molecule has 2 aromatic heterocycles. The van der Waals surface area contributed by atoms with Crippen molar-refractivity contribution in [1.82, 2.24) is 14.8 Å². The van der Waals surface area contributed by atoms with Crippen LogP contribution in [0.1, 0.15) is 10.4 Å². The van der Waals surface area contributed by atoms with Gasteiger partial charge in [-0.1, -0.05) is 59.8 Å². The Morgan fingerprint density at radius 3 is 2.80 bits per heavy atom. The lowest BCUT2D eigenvalue weighted by molar-refractivity contribution is 0.102. The lowest BCUT2D eigenvalue weighted by atomic mass is 10.2. The van der Waals surface area contributed by atoms with Gasteiger partial charge in [0.1, 0.15) is 5.75 Å². The van der Waals surface area contributed by atoms with E-state index in [0.29, 0.717) is 28.1 Å². The molecule has 152 valence electrons. The van der Waals surface area contributed by atoms with Crippen LogP contribution in [0.2, 0.25) is 5.02 Å². The van der Waals surface area contributed by atoms with Crippen LogP contribution in [0.4, 0.5) is 0 Å². The highest BCUT2D eigenvalue weighted by Crippen LogP contribution is 2.43. The fraction of sp³-hybridized carbons (Fsp3) is 0.136. The van der Waals surface area contributed by atoms with E-state index in [2.05, 4.69) is 16.8 Å². The number of halogens is 1. The van der Waals surface area contributed by atoms with Gasteiger partial charge in [0.25, 0.3) is 0 Å². The first-order valence-electron chi connectivity index (χ1n) is 9.14. The number of aromatic nitrogens is 3. The number of methoxy groups -OCH3 is 1. The third kappa shape index (κ3) is 4.01. The molecule has 0 aliphatic heterocycles. The summed E-state index contributed by atoms with van der Waals surface area (Å²) in [5, 5.41) is 10.9. The van der Waals surface area contributed by atoms with Gasteiger partial charge in [-0.25, -0.2) is 0 Å². The van der Waals surface area contributed by atoms with Crippen LogP contribution in [-0.4, -0.2) is 33.4 Å². The topological polar surface area (TPSA) is 57.0 Å². The molecule has 0 fully saturated rings. The summed E-state index contributed by atoms with van der Waals surface area (Å²) >= 11 is 9.57. The highest BCUT2D eigenvalue weighted by molar-refractivity contribution is 7.99. The van der Waals surface area contributed by atoms with Gasteiger partial charge >= 0.3 is 0 Å². The van der Waals surface area contributed by atoms with Crippen LogP contribution in [0, 0.1) is 0 Å². The second-order valence-corrected chi connectivity index (χ2v) is 8.76. The maximum atomic E-state index is 12.5. The normalized spacial score (nSPS) is 11.0. The van der Waals surface area contributed by atoms with Crippen molar-refractivity contribution in [3.05, 3.63) is 71.8 Å². The minimum Gasteiger partial charge on any atom is -0.497 e. The second-order valence-electron chi connectivity index (χ2n) is 6.39. The molecule has 0 saturated heterocycles. The van der Waals surface area contributed by atoms with Crippen LogP contribution in [0.25, 0.3) is 20.8 Å². The van der Waals surface area contributed by atoms with Crippen molar-refractivity contribution in [2.75, 3.05) is 12.9 Å². The highest BCUT2D eigenvalue weighted by atomic mass is 35.5. The zero-order valence-corrected chi connectivity index (χ0v) is 18.6. The number of Topliss-reactive ketones (excluding diaryl/α,β-unsaturated/α-hetero) is 1. The molecule has 0 N–H and O–H groups in total. The molecule has 0 saturated carbocycles. The summed E-state index contributed by atoms with van der Waals surface area (Å²) in [6, 6.07) is 15.0. The Morgan fingerprint density at radius 2 is 2.07 bits per heavy atom. The van der Waals surface area contributed by atoms with E-state index in [1.54, 1.807) is 13.2 Å². The van der Waals surface area contributed by atoms with Gasteiger partial charge in [0.05, 0.1) is 22.8 Å². The number of ether oxygens (including phenoxy) is 1. The lowest BCUT2D eigenvalue weighted by Gasteiger charge is -2.07. The standard InChI is InChI=1S/C22H18ClN3O2S2/c1-3-11-26-21(20-19(23)16-10-9-15(28-2)12-18(16)30-20)24-25-22(26)29-13-17(27)14-7-5-4-6-8-14/h3-10,12H,1,11,13H2,2H3. The summed E-state index contributed by atoms with van der Waals surface area (Å²) in [7, 11) is 1.64. The van der Waals surface area contributed by atoms with Crippen LogP contribution < -0.4 is 4.74 Å². The molecular weight excluding hydrogens is 438 g/mol. The molecule has 30 heavy (non-hydrogen) atoms. The van der Waals surface area contributed by atoms with E-state index in [1.165, 1.54) is 23.1 Å². The molecule has 0 spiro atoms. The third-order valence-electron chi connectivity index (χ3n) is 4.50. The average Bonchev–Trinajstić information content (AvgIpc) is 3.32. The molecule has 2 heterocycles. The summed E-state index contributed by atoms with van der Waals surface area (Å²) in [5.74, 6) is 1.75. The molecule has 5 nitrogen and oxygen atoms in total. The first kappa shape index (κ1) is 20.7. The summed E-state index contributed by atoms with van der Waals surface area (Å²) in [4.78, 5) is 13.3. The lowest BCUT2D eigenvalue weighted by Crippen LogP contribution is -2.05. The van der Waals surface area contributed by atoms with Crippen molar-refractivity contribution in [1.29, 1.82) is 0 Å². The molecule has 0 bridgehead atoms. The zero-order chi connectivity index (χ0) is 21.1. The van der Waals surface area contributed by atoms with Crippen molar-refractivity contribution < 1.29 is 9.53 Å². The Hall–Kier alpha value is -2.61. The van der Waals surface area contributed by atoms with E-state index in [-0.39, 0.29) is 11.5 Å². The quantitative estimate of drug-likeness (QED) is 0.186. The number of nitrogens with zero attached hydrogens (tertiary/aromatic N) is 3. The summed E-state index contributed by atoms with van der Waals surface area (Å²) in [6.07, 6.45) is 1.78. The van der Waals surface area contributed by atoms with Crippen LogP contribution in [0.5, 0.6) is 5.75 Å². The third-order valence-corrected chi connectivity index (χ3v) is 7.12. The predicted octanol–water partition coefficient (Wildman–Crippen LogP) is 5.98. The minimum absolute atomic E-state index is 0.0438. The fourth-order valence-electron chi connectivity index (χ4n) is 3.01. The van der Waals surface area contributed by atoms with E-state index in [9.17, 15) is 4.79 Å². The van der Waals surface area contributed by atoms with Crippen molar-refractivity contribution in [2.24, 2.45) is 0 Å². The van der Waals surface area contributed by atoms with Gasteiger partial charge < -0.3 is 4.74 Å². The van der Waals surface area contributed by atoms with E-state index in [1.807, 2.05) is 53.1 Å². The Morgan fingerprint density at radius 1 is 1.27 bits per heavy atom. The number of benzene rings is 2. The number of allylic oxidation sites excluding steroid dienone is 1. The molecule has 2 aromatic carbocycles. The predicted molar refractivity (Wildman–Crippen MR) is 124 cm³/mol. The van der Waals surface area contributed by atoms with Crippen molar-refractivity contribution in [2.45, 2.75) is 11.7 Å². The van der Waals surface area contributed by atoms with Crippen LogP contribution in [0.15, 0.2) is 66.3 Å². The van der Waals surface area contributed by atoms with Crippen LogP contribution in [0.3, 0.4) is 0 Å². The van der Waals surface area contributed by atoms with Gasteiger partial charge in [-0.05, 0) is 18.2 Å². The van der Waals surface area contributed by atoms with Gasteiger partial charge in [-0.2, -0.15) is 0 Å². The van der Waals surface area contributed by atoms with E-state index in [0.717, 1.165) is 20.7 Å². The maximum Gasteiger partial charge on any atom is 0.192 e. The first-order valence-corrected chi connectivity index (χ1v) is 11.3. The van der Waals surface area contributed by atoms with Crippen molar-refractivity contribution in [3.63, 3.8) is 0 Å². The number of carbonyl (C=O) groups is 1. The summed E-state index contributed by atoms with van der Waals surface area (Å²) in [5.41, 5.74) is 0.682. The molecule has 0 unspecified atom stereocenters. The number of hydrogen-bond acceptors (Lipinski definition) is 6. The van der Waals surface area contributed by atoms with Crippen LogP contribution >= 0.6 is 34.7 Å². The average molecular weight is 456 g/mol. The number of ketones is 1. The molecule has 0 atom stereocenters. The van der Waals surface area contributed by atoms with Crippen molar-refractivity contribution in [3.8, 4) is 16.5 Å². The van der Waals surface area contributed by atoms with Gasteiger partial charge in [-0.15, -0.1) is 28.1 Å². The molecule has 0 aliphatic rings. The minimum atomic E-state index is 0.0438. The summed E-state index contributed by atoms with van der Waals surface area (Å²) in [6.45, 7) is 4.36. The van der Waals surface area contributed by atoms with E-state index >= 15 is 0 Å². The van der Waals surface area contributed by atoms with Gasteiger partial charge in [0.15, 0.2) is 16.8 Å². The Kier molecular flexibility index (Phi) is 6.22. The SMILES string of the molecule is C=CCn1c(SCC(=O)c2ccccc2)nnc1-c1sc2cc(OC)ccc2c1Cl. The van der Waals surface area contributed by atoms with Gasteiger partial charge in [-0.3, -0.25) is 9.36 Å². The molecule has 0 aliphatic carbocycles. The monoisotopic (exact) mass is 455 g/mol. The summed E-state index contributed by atoms with van der Waals surface area (Å²) < 4.78 is 8.26. The number of hydrogen-bond donors (Lipinski definition) is 0. The molecule has 4 aromatic rings. The smallest absolute Gasteiger partial charge is 0.192 e. The van der Waals surface area contributed by atoms with E-state index < -0.39 is 0 Å². The van der Waals surface area contributed by atoms with Gasteiger partial charge in [0.2, 0.25) is 0 Å². The first-order chi connectivity index (χ1) is 14.6. The molecular formula is C22H18ClN3O2S2. The molecule has 8 heteroatoms. The maximum absolute atomic E-state index is 12.5. The van der Waals surface area contributed by atoms with Crippen LogP contribution in [-0.2, 0) is 6.54 Å². The number of carbonyl (C=O) groups excluding carboxylic acids is 1. The zero-order valence-electron chi connectivity index (χ0n) is 16.2. The number of thioether (sulfide) groups is 1. The number of thiophene rings is 1. The Labute approximate surface area is 187 Å².